The zero-order valence-corrected chi connectivity index (χ0v) is 24.5. The molecule has 0 unspecified atom stereocenters. The van der Waals surface area contributed by atoms with Crippen molar-refractivity contribution in [2.24, 2.45) is 5.10 Å². The van der Waals surface area contributed by atoms with Gasteiger partial charge in [-0.25, -0.2) is 10.2 Å². The molecule has 5 aromatic rings. The summed E-state index contributed by atoms with van der Waals surface area (Å²) in [5.41, 5.74) is 6.38. The molecule has 2 N–H and O–H groups in total. The van der Waals surface area contributed by atoms with Crippen LogP contribution < -0.4 is 14.9 Å². The van der Waals surface area contributed by atoms with Crippen molar-refractivity contribution in [1.29, 1.82) is 0 Å². The van der Waals surface area contributed by atoms with Crippen molar-refractivity contribution >= 4 is 74.8 Å². The Labute approximate surface area is 253 Å². The van der Waals surface area contributed by atoms with Gasteiger partial charge in [0.2, 0.25) is 0 Å². The molecule has 0 atom stereocenters. The summed E-state index contributed by atoms with van der Waals surface area (Å²) < 4.78 is 11.9. The Morgan fingerprint density at radius 3 is 2.50 bits per heavy atom. The van der Waals surface area contributed by atoms with Gasteiger partial charge >= 0.3 is 5.97 Å². The summed E-state index contributed by atoms with van der Waals surface area (Å²) in [5.74, 6) is -0.555. The quantitative estimate of drug-likeness (QED) is 0.0604. The summed E-state index contributed by atoms with van der Waals surface area (Å²) in [6.07, 6.45) is 1.47. The summed E-state index contributed by atoms with van der Waals surface area (Å²) >= 11 is 14.3. The maximum Gasteiger partial charge on any atom is 0.345 e. The van der Waals surface area contributed by atoms with Crippen molar-refractivity contribution in [3.05, 3.63) is 115 Å². The van der Waals surface area contributed by atoms with E-state index in [1.807, 2.05) is 48.5 Å². The molecule has 1 heterocycles. The lowest BCUT2D eigenvalue weighted by atomic mass is 10.0. The molecule has 0 aliphatic heterocycles. The van der Waals surface area contributed by atoms with Gasteiger partial charge in [-0.3, -0.25) is 4.79 Å². The summed E-state index contributed by atoms with van der Waals surface area (Å²) in [7, 11) is 1.45. The molecular weight excluding hydrogens is 664 g/mol. The zero-order chi connectivity index (χ0) is 28.2. The molecule has 10 heteroatoms. The van der Waals surface area contributed by atoms with Crippen LogP contribution in [0.2, 0.25) is 10.0 Å². The number of halogens is 3. The fourth-order valence-electron chi connectivity index (χ4n) is 4.14. The molecule has 0 bridgehead atoms. The second kappa shape index (κ2) is 12.1. The summed E-state index contributed by atoms with van der Waals surface area (Å²) in [6, 6.07) is 25.0. The van der Waals surface area contributed by atoms with Crippen LogP contribution in [0.1, 0.15) is 26.4 Å². The lowest BCUT2D eigenvalue weighted by molar-refractivity contribution is 0.0729. The number of benzene rings is 4. The Morgan fingerprint density at radius 1 is 0.950 bits per heavy atom. The molecule has 40 heavy (non-hydrogen) atoms. The molecule has 5 rings (SSSR count). The first kappa shape index (κ1) is 27.7. The molecule has 200 valence electrons. The highest BCUT2D eigenvalue weighted by Gasteiger charge is 2.20. The number of hydrogen-bond acceptors (Lipinski definition) is 5. The van der Waals surface area contributed by atoms with Crippen LogP contribution >= 0.6 is 45.8 Å². The van der Waals surface area contributed by atoms with Crippen molar-refractivity contribution in [3.63, 3.8) is 0 Å². The van der Waals surface area contributed by atoms with Gasteiger partial charge in [0.1, 0.15) is 5.69 Å². The van der Waals surface area contributed by atoms with E-state index in [4.69, 9.17) is 32.7 Å². The number of carbonyl (C=O) groups excluding carboxylic acids is 2. The molecule has 7 nitrogen and oxygen atoms in total. The maximum atomic E-state index is 13.2. The van der Waals surface area contributed by atoms with Crippen molar-refractivity contribution in [3.8, 4) is 22.6 Å². The monoisotopic (exact) mass is 683 g/mol. The van der Waals surface area contributed by atoms with E-state index in [0.29, 0.717) is 22.0 Å². The molecule has 0 saturated heterocycles. The van der Waals surface area contributed by atoms with Crippen LogP contribution in [0.5, 0.6) is 11.5 Å². The Hall–Kier alpha value is -3.86. The van der Waals surface area contributed by atoms with E-state index in [9.17, 15) is 9.59 Å². The van der Waals surface area contributed by atoms with Gasteiger partial charge in [0.05, 0.1) is 29.4 Å². The fraction of sp³-hybridized carbons (Fsp3) is 0.0333. The molecule has 0 saturated carbocycles. The molecule has 1 aromatic heterocycles. The number of fused-ring (bicyclic) bond motifs is 1. The number of ether oxygens (including phenoxy) is 2. The van der Waals surface area contributed by atoms with Crippen LogP contribution in [0.15, 0.2) is 90.0 Å². The number of para-hydroxylation sites is 1. The second-order valence-electron chi connectivity index (χ2n) is 8.53. The third-order valence-electron chi connectivity index (χ3n) is 5.99. The number of carbonyl (C=O) groups is 2. The molecule has 0 aliphatic rings. The highest BCUT2D eigenvalue weighted by molar-refractivity contribution is 14.1. The van der Waals surface area contributed by atoms with Gasteiger partial charge < -0.3 is 14.5 Å². The van der Waals surface area contributed by atoms with E-state index in [0.717, 1.165) is 25.6 Å². The summed E-state index contributed by atoms with van der Waals surface area (Å²) in [6.45, 7) is 0. The molecule has 1 amide bonds. The largest absolute Gasteiger partial charge is 0.493 e. The van der Waals surface area contributed by atoms with Crippen LogP contribution in [-0.2, 0) is 0 Å². The van der Waals surface area contributed by atoms with Crippen molar-refractivity contribution in [1.82, 2.24) is 10.4 Å². The van der Waals surface area contributed by atoms with Crippen molar-refractivity contribution in [2.75, 3.05) is 7.11 Å². The van der Waals surface area contributed by atoms with Crippen molar-refractivity contribution < 1.29 is 19.1 Å². The number of esters is 1. The predicted octanol–water partition coefficient (Wildman–Crippen LogP) is 7.74. The minimum absolute atomic E-state index is 0.169. The average molecular weight is 684 g/mol. The number of hydrogen-bond donors (Lipinski definition) is 2. The number of aromatic amines is 1. The van der Waals surface area contributed by atoms with Gasteiger partial charge in [-0.2, -0.15) is 5.10 Å². The Bertz CT molecular complexity index is 1770. The number of aromatic nitrogens is 1. The van der Waals surface area contributed by atoms with E-state index in [2.05, 4.69) is 38.1 Å². The second-order valence-corrected chi connectivity index (χ2v) is 10.5. The van der Waals surface area contributed by atoms with Gasteiger partial charge in [0.15, 0.2) is 11.5 Å². The van der Waals surface area contributed by atoms with Crippen LogP contribution in [0.3, 0.4) is 0 Å². The lowest BCUT2D eigenvalue weighted by Gasteiger charge is -2.10. The number of rotatable bonds is 7. The molecule has 4 aromatic carbocycles. The number of methoxy groups -OCH3 is 1. The number of nitrogens with one attached hydrogen (secondary N) is 2. The first-order valence-corrected chi connectivity index (χ1v) is 13.7. The standard InChI is InChI=1S/C30H20Cl2IN3O4/c1-39-25-14-17(10-13-24(25)40-30(38)20-12-11-19(31)15-22(20)32)16-34-36-29(37)28-26(18-6-3-2-4-7-18)21-8-5-9-23(33)27(21)35-28/h2-16,35H,1H3,(H,36,37). The van der Waals surface area contributed by atoms with E-state index < -0.39 is 5.97 Å². The fourth-order valence-corrected chi connectivity index (χ4v) is 5.26. The molecular formula is C30H20Cl2IN3O4. The minimum atomic E-state index is -0.657. The Balaban J connectivity index is 1.35. The predicted molar refractivity (Wildman–Crippen MR) is 166 cm³/mol. The first-order valence-electron chi connectivity index (χ1n) is 11.9. The van der Waals surface area contributed by atoms with Crippen molar-refractivity contribution in [2.45, 2.75) is 0 Å². The molecule has 0 spiro atoms. The number of hydrazone groups is 1. The Morgan fingerprint density at radius 2 is 1.75 bits per heavy atom. The topological polar surface area (TPSA) is 92.8 Å². The van der Waals surface area contributed by atoms with Gasteiger partial charge in [-0.1, -0.05) is 65.7 Å². The van der Waals surface area contributed by atoms with E-state index >= 15 is 0 Å². The number of amides is 1. The van der Waals surface area contributed by atoms with Gasteiger partial charge in [0, 0.05) is 19.5 Å². The van der Waals surface area contributed by atoms with Gasteiger partial charge in [0.25, 0.3) is 5.91 Å². The van der Waals surface area contributed by atoms with Gasteiger partial charge in [-0.15, -0.1) is 0 Å². The first-order chi connectivity index (χ1) is 19.4. The lowest BCUT2D eigenvalue weighted by Crippen LogP contribution is -2.18. The minimum Gasteiger partial charge on any atom is -0.493 e. The smallest absolute Gasteiger partial charge is 0.345 e. The number of H-pyrrole nitrogens is 1. The summed E-state index contributed by atoms with van der Waals surface area (Å²) in [5, 5.41) is 5.67. The maximum absolute atomic E-state index is 13.2. The Kier molecular flexibility index (Phi) is 8.39. The van der Waals surface area contributed by atoms with Gasteiger partial charge in [-0.05, 0) is 76.2 Å². The third-order valence-corrected chi connectivity index (χ3v) is 7.44. The number of nitrogens with zero attached hydrogens (tertiary/aromatic N) is 1. The summed E-state index contributed by atoms with van der Waals surface area (Å²) in [4.78, 5) is 29.1. The average Bonchev–Trinajstić information content (AvgIpc) is 3.35. The molecule has 0 aliphatic carbocycles. The van der Waals surface area contributed by atoms with Crippen LogP contribution in [0.4, 0.5) is 0 Å². The zero-order valence-electron chi connectivity index (χ0n) is 20.9. The highest BCUT2D eigenvalue weighted by Crippen LogP contribution is 2.34. The SMILES string of the molecule is COc1cc(C=NNC(=O)c2[nH]c3c(I)cccc3c2-c2ccccc2)ccc1OC(=O)c1ccc(Cl)cc1Cl. The normalized spacial score (nSPS) is 11.1. The van der Waals surface area contributed by atoms with Crippen LogP contribution in [-0.4, -0.2) is 30.2 Å². The van der Waals surface area contributed by atoms with E-state index in [1.54, 1.807) is 24.3 Å². The molecule has 0 radical (unpaired) electrons. The van der Waals surface area contributed by atoms with Crippen LogP contribution in [0, 0.1) is 3.57 Å². The van der Waals surface area contributed by atoms with E-state index in [1.165, 1.54) is 25.5 Å². The van der Waals surface area contributed by atoms with Crippen LogP contribution in [0.25, 0.3) is 22.0 Å². The highest BCUT2D eigenvalue weighted by atomic mass is 127. The van der Waals surface area contributed by atoms with E-state index in [-0.39, 0.29) is 22.2 Å². The third kappa shape index (κ3) is 5.84. The molecule has 0 fully saturated rings.